The lowest BCUT2D eigenvalue weighted by atomic mass is 9.63. The quantitative estimate of drug-likeness (QED) is 0.695. The lowest BCUT2D eigenvalue weighted by molar-refractivity contribution is -0.0335. The Bertz CT molecular complexity index is 457. The first-order chi connectivity index (χ1) is 12.7. The zero-order valence-corrected chi connectivity index (χ0v) is 19.4. The second-order valence-corrected chi connectivity index (χ2v) is 11.0. The van der Waals surface area contributed by atoms with Gasteiger partial charge in [-0.15, -0.1) is 12.6 Å². The molecule has 3 rings (SSSR count). The van der Waals surface area contributed by atoms with Gasteiger partial charge >= 0.3 is 0 Å². The zero-order chi connectivity index (χ0) is 19.7. The molecule has 27 heavy (non-hydrogen) atoms. The van der Waals surface area contributed by atoms with Crippen molar-refractivity contribution in [3.05, 3.63) is 0 Å². The molecule has 0 saturated carbocycles. The van der Waals surface area contributed by atoms with Crippen molar-refractivity contribution in [2.75, 3.05) is 52.4 Å². The molecule has 3 fully saturated rings. The van der Waals surface area contributed by atoms with Gasteiger partial charge in [-0.2, -0.15) is 0 Å². The van der Waals surface area contributed by atoms with Crippen molar-refractivity contribution in [1.29, 1.82) is 0 Å². The summed E-state index contributed by atoms with van der Waals surface area (Å²) in [7, 11) is 0. The fourth-order valence-corrected chi connectivity index (χ4v) is 6.23. The third kappa shape index (κ3) is 4.85. The van der Waals surface area contributed by atoms with Crippen molar-refractivity contribution in [3.8, 4) is 0 Å². The maximum absolute atomic E-state index is 5.12. The van der Waals surface area contributed by atoms with E-state index in [1.54, 1.807) is 0 Å². The van der Waals surface area contributed by atoms with Crippen LogP contribution in [0.5, 0.6) is 0 Å². The lowest BCUT2D eigenvalue weighted by Crippen LogP contribution is -2.61. The molecule has 0 bridgehead atoms. The van der Waals surface area contributed by atoms with Gasteiger partial charge in [0.25, 0.3) is 0 Å². The van der Waals surface area contributed by atoms with Gasteiger partial charge in [-0.25, -0.2) is 0 Å². The number of nitrogens with zero attached hydrogens (tertiary/aromatic N) is 3. The van der Waals surface area contributed by atoms with Crippen molar-refractivity contribution < 1.29 is 0 Å². The van der Waals surface area contributed by atoms with Crippen LogP contribution in [0.1, 0.15) is 60.3 Å². The van der Waals surface area contributed by atoms with E-state index < -0.39 is 0 Å². The number of likely N-dealkylation sites (tertiary alicyclic amines) is 2. The highest BCUT2D eigenvalue weighted by molar-refractivity contribution is 7.81. The van der Waals surface area contributed by atoms with Crippen LogP contribution >= 0.6 is 12.6 Å². The summed E-state index contributed by atoms with van der Waals surface area (Å²) in [6.07, 6.45) is 5.44. The van der Waals surface area contributed by atoms with E-state index in [4.69, 9.17) is 12.6 Å². The Morgan fingerprint density at radius 2 is 1.22 bits per heavy atom. The Morgan fingerprint density at radius 1 is 0.778 bits per heavy atom. The number of hydrogen-bond donors (Lipinski definition) is 2. The van der Waals surface area contributed by atoms with Gasteiger partial charge in [0.15, 0.2) is 0 Å². The van der Waals surface area contributed by atoms with Crippen molar-refractivity contribution in [2.24, 2.45) is 17.3 Å². The lowest BCUT2D eigenvalue weighted by Gasteiger charge is -2.52. The molecule has 1 unspecified atom stereocenters. The molecule has 0 spiro atoms. The monoisotopic (exact) mass is 396 g/mol. The number of nitrogens with one attached hydrogen (secondary N) is 1. The third-order valence-electron chi connectivity index (χ3n) is 8.17. The van der Waals surface area contributed by atoms with E-state index in [1.165, 1.54) is 51.9 Å². The van der Waals surface area contributed by atoms with Gasteiger partial charge in [-0.1, -0.05) is 13.8 Å². The fraction of sp³-hybridized carbons (Fsp3) is 1.00. The van der Waals surface area contributed by atoms with Crippen molar-refractivity contribution >= 4 is 12.6 Å². The smallest absolute Gasteiger partial charge is 0.116 e. The van der Waals surface area contributed by atoms with Gasteiger partial charge in [-0.05, 0) is 76.8 Å². The minimum atomic E-state index is -0.0974. The fourth-order valence-electron chi connectivity index (χ4n) is 5.83. The predicted molar refractivity (Wildman–Crippen MR) is 119 cm³/mol. The molecule has 0 amide bonds. The summed E-state index contributed by atoms with van der Waals surface area (Å²) in [6, 6.07) is 0.704. The first kappa shape index (κ1) is 21.9. The highest BCUT2D eigenvalue weighted by atomic mass is 32.1. The number of rotatable bonds is 5. The van der Waals surface area contributed by atoms with Crippen LogP contribution in [0.3, 0.4) is 0 Å². The molecule has 3 saturated heterocycles. The maximum atomic E-state index is 5.12. The molecule has 0 aromatic rings. The summed E-state index contributed by atoms with van der Waals surface area (Å²) in [5.41, 5.74) is 0.469. The Morgan fingerprint density at radius 3 is 1.70 bits per heavy atom. The molecule has 1 N–H and O–H groups in total. The summed E-state index contributed by atoms with van der Waals surface area (Å²) >= 11 is 5.12. The van der Waals surface area contributed by atoms with E-state index in [0.717, 1.165) is 38.0 Å². The van der Waals surface area contributed by atoms with Gasteiger partial charge in [0.05, 0.1) is 0 Å². The van der Waals surface area contributed by atoms with Gasteiger partial charge in [0.2, 0.25) is 0 Å². The molecule has 3 aliphatic rings. The summed E-state index contributed by atoms with van der Waals surface area (Å²) in [4.78, 5) is 7.75. The van der Waals surface area contributed by atoms with E-state index in [1.807, 2.05) is 0 Å². The van der Waals surface area contributed by atoms with Crippen LogP contribution in [-0.4, -0.2) is 78.1 Å². The van der Waals surface area contributed by atoms with Crippen LogP contribution in [0.25, 0.3) is 0 Å². The highest BCUT2D eigenvalue weighted by Crippen LogP contribution is 2.46. The molecule has 1 atom stereocenters. The first-order valence-electron chi connectivity index (χ1n) is 11.4. The predicted octanol–water partition coefficient (Wildman–Crippen LogP) is 3.35. The molecule has 158 valence electrons. The molecule has 4 nitrogen and oxygen atoms in total. The molecule has 0 aliphatic carbocycles. The average molecular weight is 397 g/mol. The summed E-state index contributed by atoms with van der Waals surface area (Å²) in [5, 5.41) is 3.47. The van der Waals surface area contributed by atoms with Crippen molar-refractivity contribution in [3.63, 3.8) is 0 Å². The Kier molecular flexibility index (Phi) is 7.22. The molecule has 0 aromatic carbocycles. The second kappa shape index (κ2) is 8.91. The molecule has 0 aromatic heterocycles. The van der Waals surface area contributed by atoms with E-state index in [0.29, 0.717) is 11.5 Å². The van der Waals surface area contributed by atoms with Crippen molar-refractivity contribution in [2.45, 2.75) is 71.3 Å². The summed E-state index contributed by atoms with van der Waals surface area (Å²) in [6.45, 7) is 21.5. The number of hydrogen-bond acceptors (Lipinski definition) is 5. The van der Waals surface area contributed by atoms with E-state index in [-0.39, 0.29) is 4.99 Å². The summed E-state index contributed by atoms with van der Waals surface area (Å²) in [5.74, 6) is 1.75. The van der Waals surface area contributed by atoms with E-state index >= 15 is 0 Å². The molecular weight excluding hydrogens is 352 g/mol. The second-order valence-electron chi connectivity index (χ2n) is 10.2. The molecule has 0 radical (unpaired) electrons. The Balaban J connectivity index is 1.53. The Labute approximate surface area is 173 Å². The van der Waals surface area contributed by atoms with Crippen molar-refractivity contribution in [1.82, 2.24) is 20.0 Å². The van der Waals surface area contributed by atoms with E-state index in [9.17, 15) is 0 Å². The first-order valence-corrected chi connectivity index (χ1v) is 11.8. The molecule has 5 heteroatoms. The van der Waals surface area contributed by atoms with Gasteiger partial charge in [0, 0.05) is 45.3 Å². The van der Waals surface area contributed by atoms with Crippen LogP contribution in [0, 0.1) is 17.3 Å². The number of thiol groups is 1. The van der Waals surface area contributed by atoms with Gasteiger partial charge < -0.3 is 10.2 Å². The number of piperazine rings is 1. The average Bonchev–Trinajstić information content (AvgIpc) is 2.69. The summed E-state index contributed by atoms with van der Waals surface area (Å²) < 4.78 is 0. The van der Waals surface area contributed by atoms with Crippen LogP contribution in [0.15, 0.2) is 0 Å². The topological polar surface area (TPSA) is 21.8 Å². The highest BCUT2D eigenvalue weighted by Gasteiger charge is 2.43. The van der Waals surface area contributed by atoms with Gasteiger partial charge in [-0.3, -0.25) is 9.80 Å². The standard InChI is InChI=1S/C22H44N4S/c1-18(2)24-12-6-19(7-13-24)21(3,4)20-8-14-25(15-9-20)22(5,27)26-16-10-23-11-17-26/h18-20,23,27H,6-17H2,1-5H3. The minimum absolute atomic E-state index is 0.0974. The van der Waals surface area contributed by atoms with Crippen LogP contribution < -0.4 is 5.32 Å². The third-order valence-corrected chi connectivity index (χ3v) is 8.74. The Hall–Kier alpha value is 0.190. The SMILES string of the molecule is CC(C)N1CCC(C(C)(C)C2CCN(C(C)(S)N3CCNCC3)CC2)CC1. The molecular formula is C22H44N4S. The van der Waals surface area contributed by atoms with Crippen LogP contribution in [-0.2, 0) is 0 Å². The van der Waals surface area contributed by atoms with Crippen LogP contribution in [0.4, 0.5) is 0 Å². The van der Waals surface area contributed by atoms with Crippen LogP contribution in [0.2, 0.25) is 0 Å². The van der Waals surface area contributed by atoms with Gasteiger partial charge in [0.1, 0.15) is 4.99 Å². The molecule has 3 heterocycles. The number of piperidine rings is 2. The van der Waals surface area contributed by atoms with E-state index in [2.05, 4.69) is 54.6 Å². The maximum Gasteiger partial charge on any atom is 0.116 e. The largest absolute Gasteiger partial charge is 0.314 e. The zero-order valence-electron chi connectivity index (χ0n) is 18.5. The molecule has 3 aliphatic heterocycles. The normalized spacial score (nSPS) is 28.6. The minimum Gasteiger partial charge on any atom is -0.314 e.